The van der Waals surface area contributed by atoms with Gasteiger partial charge in [0.2, 0.25) is 5.91 Å². The maximum atomic E-state index is 11.7. The third kappa shape index (κ3) is 6.50. The molecule has 0 aliphatic rings. The maximum Gasteiger partial charge on any atom is 0.237 e. The molecule has 0 rings (SSSR count). The highest BCUT2D eigenvalue weighted by Gasteiger charge is 2.15. The van der Waals surface area contributed by atoms with Crippen LogP contribution in [0.3, 0.4) is 0 Å². The first-order valence-electron chi connectivity index (χ1n) is 6.21. The monoisotopic (exact) mass is 214 g/mol. The molecule has 3 heteroatoms. The van der Waals surface area contributed by atoms with Crippen LogP contribution < -0.4 is 11.1 Å². The van der Waals surface area contributed by atoms with E-state index in [1.165, 1.54) is 0 Å². The number of nitrogens with two attached hydrogens (primary N) is 1. The van der Waals surface area contributed by atoms with E-state index in [4.69, 9.17) is 5.73 Å². The van der Waals surface area contributed by atoms with Crippen LogP contribution in [0.2, 0.25) is 0 Å². The first kappa shape index (κ1) is 14.4. The van der Waals surface area contributed by atoms with Crippen molar-refractivity contribution in [2.24, 2.45) is 5.73 Å². The van der Waals surface area contributed by atoms with Crippen LogP contribution in [0.5, 0.6) is 0 Å². The van der Waals surface area contributed by atoms with Crippen molar-refractivity contribution in [3.63, 3.8) is 0 Å². The van der Waals surface area contributed by atoms with Gasteiger partial charge in [-0.15, -0.1) is 0 Å². The van der Waals surface area contributed by atoms with E-state index < -0.39 is 0 Å². The third-order valence-corrected chi connectivity index (χ3v) is 2.68. The molecule has 0 saturated heterocycles. The average Bonchev–Trinajstić information content (AvgIpc) is 2.24. The Morgan fingerprint density at radius 2 is 1.87 bits per heavy atom. The zero-order valence-electron chi connectivity index (χ0n) is 10.4. The summed E-state index contributed by atoms with van der Waals surface area (Å²) in [7, 11) is 0. The topological polar surface area (TPSA) is 55.1 Å². The summed E-state index contributed by atoms with van der Waals surface area (Å²) in [6.45, 7) is 6.33. The van der Waals surface area contributed by atoms with Gasteiger partial charge in [-0.1, -0.05) is 40.0 Å². The zero-order chi connectivity index (χ0) is 11.7. The second kappa shape index (κ2) is 8.72. The smallest absolute Gasteiger partial charge is 0.237 e. The van der Waals surface area contributed by atoms with Gasteiger partial charge in [0.15, 0.2) is 0 Å². The molecule has 0 aliphatic carbocycles. The Morgan fingerprint density at radius 3 is 2.33 bits per heavy atom. The second-order valence-corrected chi connectivity index (χ2v) is 4.15. The molecule has 0 heterocycles. The third-order valence-electron chi connectivity index (χ3n) is 2.68. The SMILES string of the molecule is CCCCC(N)C(=O)NC(CC)CCC. The van der Waals surface area contributed by atoms with E-state index in [1.54, 1.807) is 0 Å². The van der Waals surface area contributed by atoms with Crippen LogP contribution in [0.1, 0.15) is 59.3 Å². The highest BCUT2D eigenvalue weighted by Crippen LogP contribution is 2.03. The minimum absolute atomic E-state index is 0.0174. The second-order valence-electron chi connectivity index (χ2n) is 4.15. The summed E-state index contributed by atoms with van der Waals surface area (Å²) in [5.74, 6) is 0.0174. The maximum absolute atomic E-state index is 11.7. The van der Waals surface area contributed by atoms with Crippen LogP contribution in [0.4, 0.5) is 0 Å². The van der Waals surface area contributed by atoms with Gasteiger partial charge in [-0.2, -0.15) is 0 Å². The molecule has 0 aromatic heterocycles. The molecule has 1 amide bonds. The van der Waals surface area contributed by atoms with Gasteiger partial charge < -0.3 is 11.1 Å². The van der Waals surface area contributed by atoms with Gasteiger partial charge in [-0.25, -0.2) is 0 Å². The molecule has 0 aliphatic heterocycles. The summed E-state index contributed by atoms with van der Waals surface area (Å²) < 4.78 is 0. The predicted molar refractivity (Wildman–Crippen MR) is 64.6 cm³/mol. The Balaban J connectivity index is 3.87. The summed E-state index contributed by atoms with van der Waals surface area (Å²) >= 11 is 0. The first-order chi connectivity index (χ1) is 7.15. The number of nitrogens with one attached hydrogen (secondary N) is 1. The lowest BCUT2D eigenvalue weighted by Gasteiger charge is -2.19. The number of hydrogen-bond donors (Lipinski definition) is 2. The molecule has 3 N–H and O–H groups in total. The Kier molecular flexibility index (Phi) is 8.38. The Hall–Kier alpha value is -0.570. The number of carbonyl (C=O) groups is 1. The fourth-order valence-electron chi connectivity index (χ4n) is 1.59. The van der Waals surface area contributed by atoms with Crippen molar-refractivity contribution in [2.45, 2.75) is 71.4 Å². The number of rotatable bonds is 8. The number of hydrogen-bond acceptors (Lipinski definition) is 2. The summed E-state index contributed by atoms with van der Waals surface area (Å²) in [6, 6.07) is -0.0222. The van der Waals surface area contributed by atoms with Gasteiger partial charge >= 0.3 is 0 Å². The van der Waals surface area contributed by atoms with E-state index in [0.717, 1.165) is 38.5 Å². The minimum Gasteiger partial charge on any atom is -0.352 e. The summed E-state index contributed by atoms with van der Waals surface area (Å²) in [6.07, 6.45) is 6.04. The van der Waals surface area contributed by atoms with E-state index in [1.807, 2.05) is 0 Å². The first-order valence-corrected chi connectivity index (χ1v) is 6.21. The van der Waals surface area contributed by atoms with Gasteiger partial charge in [0.1, 0.15) is 0 Å². The van der Waals surface area contributed by atoms with Gasteiger partial charge in [-0.3, -0.25) is 4.79 Å². The Labute approximate surface area is 93.8 Å². The fraction of sp³-hybridized carbons (Fsp3) is 0.917. The molecule has 0 spiro atoms. The normalized spacial score (nSPS) is 14.7. The van der Waals surface area contributed by atoms with Crippen LogP contribution >= 0.6 is 0 Å². The van der Waals surface area contributed by atoms with Crippen LogP contribution in [-0.4, -0.2) is 18.0 Å². The van der Waals surface area contributed by atoms with E-state index >= 15 is 0 Å². The number of amides is 1. The van der Waals surface area contributed by atoms with Crippen molar-refractivity contribution in [3.05, 3.63) is 0 Å². The van der Waals surface area contributed by atoms with Gasteiger partial charge in [0, 0.05) is 6.04 Å². The molecule has 2 unspecified atom stereocenters. The van der Waals surface area contributed by atoms with Crippen LogP contribution in [0, 0.1) is 0 Å². The molecule has 0 aromatic rings. The molecular formula is C12H26N2O. The largest absolute Gasteiger partial charge is 0.352 e. The van der Waals surface area contributed by atoms with Gasteiger partial charge in [0.25, 0.3) is 0 Å². The molecule has 3 nitrogen and oxygen atoms in total. The Bertz CT molecular complexity index is 171. The zero-order valence-corrected chi connectivity index (χ0v) is 10.4. The highest BCUT2D eigenvalue weighted by molar-refractivity contribution is 5.81. The van der Waals surface area contributed by atoms with Crippen molar-refractivity contribution in [1.82, 2.24) is 5.32 Å². The van der Waals surface area contributed by atoms with Crippen LogP contribution in [-0.2, 0) is 4.79 Å². The quantitative estimate of drug-likeness (QED) is 0.651. The predicted octanol–water partition coefficient (Wildman–Crippen LogP) is 2.20. The average molecular weight is 214 g/mol. The van der Waals surface area contributed by atoms with Crippen molar-refractivity contribution in [3.8, 4) is 0 Å². The van der Waals surface area contributed by atoms with Crippen LogP contribution in [0.25, 0.3) is 0 Å². The molecule has 0 radical (unpaired) electrons. The lowest BCUT2D eigenvalue weighted by atomic mass is 10.1. The van der Waals surface area contributed by atoms with Gasteiger partial charge in [-0.05, 0) is 19.3 Å². The van der Waals surface area contributed by atoms with E-state index in [2.05, 4.69) is 26.1 Å². The van der Waals surface area contributed by atoms with Crippen molar-refractivity contribution < 1.29 is 4.79 Å². The molecular weight excluding hydrogens is 188 g/mol. The van der Waals surface area contributed by atoms with Crippen LogP contribution in [0.15, 0.2) is 0 Å². The lowest BCUT2D eigenvalue weighted by Crippen LogP contribution is -2.45. The molecule has 2 atom stereocenters. The minimum atomic E-state index is -0.323. The van der Waals surface area contributed by atoms with Crippen molar-refractivity contribution >= 4 is 5.91 Å². The highest BCUT2D eigenvalue weighted by atomic mass is 16.2. The summed E-state index contributed by atoms with van der Waals surface area (Å²) in [5.41, 5.74) is 5.79. The molecule has 0 fully saturated rings. The summed E-state index contributed by atoms with van der Waals surface area (Å²) in [5, 5.41) is 3.01. The van der Waals surface area contributed by atoms with Crippen molar-refractivity contribution in [2.75, 3.05) is 0 Å². The fourth-order valence-corrected chi connectivity index (χ4v) is 1.59. The lowest BCUT2D eigenvalue weighted by molar-refractivity contribution is -0.123. The Morgan fingerprint density at radius 1 is 1.20 bits per heavy atom. The molecule has 0 saturated carbocycles. The molecule has 0 bridgehead atoms. The number of carbonyl (C=O) groups excluding carboxylic acids is 1. The van der Waals surface area contributed by atoms with Gasteiger partial charge in [0.05, 0.1) is 6.04 Å². The molecule has 15 heavy (non-hydrogen) atoms. The van der Waals surface area contributed by atoms with E-state index in [0.29, 0.717) is 6.04 Å². The van der Waals surface area contributed by atoms with E-state index in [9.17, 15) is 4.79 Å². The number of unbranched alkanes of at least 4 members (excludes halogenated alkanes) is 1. The molecule has 0 aromatic carbocycles. The summed E-state index contributed by atoms with van der Waals surface area (Å²) in [4.78, 5) is 11.7. The molecule has 90 valence electrons. The van der Waals surface area contributed by atoms with Crippen molar-refractivity contribution in [1.29, 1.82) is 0 Å². The standard InChI is InChI=1S/C12H26N2O/c1-4-7-9-11(13)12(15)14-10(6-3)8-5-2/h10-11H,4-9,13H2,1-3H3,(H,14,15). The van der Waals surface area contributed by atoms with E-state index in [-0.39, 0.29) is 11.9 Å².